The van der Waals surface area contributed by atoms with Crippen LogP contribution in [0.25, 0.3) is 0 Å². The SMILES string of the molecule is COC(=O)CC/C=C\CC1=CCC[C@@H]1CNS(=O)(=O)c1ccccc1[N+](=O)[O-]. The van der Waals surface area contributed by atoms with Gasteiger partial charge in [0.2, 0.25) is 10.0 Å². The molecule has 0 saturated carbocycles. The van der Waals surface area contributed by atoms with E-state index in [1.165, 1.54) is 31.4 Å². The van der Waals surface area contributed by atoms with E-state index in [0.29, 0.717) is 19.3 Å². The Morgan fingerprint density at radius 2 is 2.11 bits per heavy atom. The van der Waals surface area contributed by atoms with Gasteiger partial charge in [-0.25, -0.2) is 13.1 Å². The van der Waals surface area contributed by atoms with Crippen LogP contribution in [0.1, 0.15) is 32.1 Å². The van der Waals surface area contributed by atoms with Crippen molar-refractivity contribution in [3.63, 3.8) is 0 Å². The van der Waals surface area contributed by atoms with E-state index in [0.717, 1.165) is 18.4 Å². The summed E-state index contributed by atoms with van der Waals surface area (Å²) in [5, 5.41) is 11.1. The Morgan fingerprint density at radius 1 is 1.36 bits per heavy atom. The van der Waals surface area contributed by atoms with Gasteiger partial charge >= 0.3 is 5.97 Å². The summed E-state index contributed by atoms with van der Waals surface area (Å²) in [5.74, 6) is -0.213. The van der Waals surface area contributed by atoms with Crippen molar-refractivity contribution in [1.29, 1.82) is 0 Å². The second-order valence-corrected chi connectivity index (χ2v) is 8.16. The monoisotopic (exact) mass is 408 g/mol. The number of ether oxygens (including phenoxy) is 1. The minimum Gasteiger partial charge on any atom is -0.469 e. The molecule has 0 bridgehead atoms. The van der Waals surface area contributed by atoms with Gasteiger partial charge in [-0.05, 0) is 37.7 Å². The normalized spacial score (nSPS) is 16.9. The number of methoxy groups -OCH3 is 1. The van der Waals surface area contributed by atoms with Gasteiger partial charge in [0.1, 0.15) is 0 Å². The first-order valence-electron chi connectivity index (χ1n) is 8.99. The number of nitrogens with one attached hydrogen (secondary N) is 1. The van der Waals surface area contributed by atoms with E-state index in [1.807, 2.05) is 12.2 Å². The van der Waals surface area contributed by atoms with Gasteiger partial charge in [-0.1, -0.05) is 35.9 Å². The van der Waals surface area contributed by atoms with Crippen LogP contribution in [0.5, 0.6) is 0 Å². The molecule has 28 heavy (non-hydrogen) atoms. The molecule has 0 amide bonds. The first kappa shape index (κ1) is 21.8. The first-order valence-corrected chi connectivity index (χ1v) is 10.5. The number of benzene rings is 1. The lowest BCUT2D eigenvalue weighted by Gasteiger charge is -2.15. The van der Waals surface area contributed by atoms with Crippen molar-refractivity contribution >= 4 is 21.7 Å². The Kier molecular flexibility index (Phi) is 7.89. The molecular formula is C19H24N2O6S. The molecule has 1 aliphatic carbocycles. The number of para-hydroxylation sites is 1. The van der Waals surface area contributed by atoms with Crippen LogP contribution in [0.3, 0.4) is 0 Å². The number of sulfonamides is 1. The fourth-order valence-corrected chi connectivity index (χ4v) is 4.32. The van der Waals surface area contributed by atoms with Crippen molar-refractivity contribution in [3.8, 4) is 0 Å². The average molecular weight is 408 g/mol. The second kappa shape index (κ2) is 10.1. The molecule has 152 valence electrons. The van der Waals surface area contributed by atoms with Crippen LogP contribution >= 0.6 is 0 Å². The van der Waals surface area contributed by atoms with Gasteiger partial charge in [-0.2, -0.15) is 0 Å². The Labute approximate surface area is 164 Å². The summed E-state index contributed by atoms with van der Waals surface area (Å²) in [6.07, 6.45) is 9.25. The van der Waals surface area contributed by atoms with Gasteiger partial charge in [0, 0.05) is 19.0 Å². The maximum atomic E-state index is 12.5. The Hall–Kier alpha value is -2.52. The molecule has 1 aliphatic rings. The number of carbonyl (C=O) groups is 1. The number of nitro groups is 1. The highest BCUT2D eigenvalue weighted by Gasteiger charge is 2.27. The van der Waals surface area contributed by atoms with Gasteiger partial charge < -0.3 is 4.74 Å². The molecule has 1 aromatic rings. The minimum absolute atomic E-state index is 0.0443. The van der Waals surface area contributed by atoms with E-state index in [9.17, 15) is 23.3 Å². The standard InChI is InChI=1S/C19H24N2O6S/c1-27-19(22)13-4-2-3-8-15-9-7-10-16(15)14-20-28(25,26)18-12-6-5-11-17(18)21(23)24/h2-3,5-6,9,11-12,16,20H,4,7-8,10,13-14H2,1H3/b3-2-/t16-/m1/s1. The van der Waals surface area contributed by atoms with Gasteiger partial charge in [-0.3, -0.25) is 14.9 Å². The van der Waals surface area contributed by atoms with Gasteiger partial charge in [0.05, 0.1) is 12.0 Å². The topological polar surface area (TPSA) is 116 Å². The molecule has 0 heterocycles. The first-order chi connectivity index (χ1) is 13.3. The van der Waals surface area contributed by atoms with Crippen LogP contribution in [-0.2, 0) is 19.6 Å². The summed E-state index contributed by atoms with van der Waals surface area (Å²) < 4.78 is 32.1. The zero-order valence-corrected chi connectivity index (χ0v) is 16.5. The zero-order chi connectivity index (χ0) is 20.6. The molecule has 1 N–H and O–H groups in total. The molecular weight excluding hydrogens is 384 g/mol. The highest BCUT2D eigenvalue weighted by molar-refractivity contribution is 7.89. The number of carbonyl (C=O) groups excluding carboxylic acids is 1. The largest absolute Gasteiger partial charge is 0.469 e. The van der Waals surface area contributed by atoms with Crippen LogP contribution in [0.4, 0.5) is 5.69 Å². The molecule has 8 nitrogen and oxygen atoms in total. The van der Waals surface area contributed by atoms with Crippen LogP contribution < -0.4 is 4.72 Å². The summed E-state index contributed by atoms with van der Waals surface area (Å²) in [7, 11) is -2.62. The van der Waals surface area contributed by atoms with E-state index in [4.69, 9.17) is 0 Å². The smallest absolute Gasteiger partial charge is 0.305 e. The number of nitrogens with zero attached hydrogens (tertiary/aromatic N) is 1. The third kappa shape index (κ3) is 6.00. The van der Waals surface area contributed by atoms with E-state index in [1.54, 1.807) is 0 Å². The third-order valence-electron chi connectivity index (χ3n) is 4.58. The summed E-state index contributed by atoms with van der Waals surface area (Å²) >= 11 is 0. The van der Waals surface area contributed by atoms with Crippen molar-refractivity contribution < 1.29 is 22.9 Å². The molecule has 1 aromatic carbocycles. The number of rotatable bonds is 10. The highest BCUT2D eigenvalue weighted by atomic mass is 32.2. The van der Waals surface area contributed by atoms with E-state index >= 15 is 0 Å². The van der Waals surface area contributed by atoms with E-state index in [-0.39, 0.29) is 23.3 Å². The molecule has 0 unspecified atom stereocenters. The molecule has 2 rings (SSSR count). The lowest BCUT2D eigenvalue weighted by Crippen LogP contribution is -2.29. The van der Waals surface area contributed by atoms with Crippen molar-refractivity contribution in [2.75, 3.05) is 13.7 Å². The summed E-state index contributed by atoms with van der Waals surface area (Å²) in [6.45, 7) is 0.191. The Balaban J connectivity index is 1.93. The number of allylic oxidation sites excluding steroid dienone is 3. The molecule has 1 atom stereocenters. The predicted octanol–water partition coefficient (Wildman–Crippen LogP) is 3.11. The molecule has 0 saturated heterocycles. The molecule has 0 fully saturated rings. The van der Waals surface area contributed by atoms with Crippen molar-refractivity contribution in [3.05, 3.63) is 58.2 Å². The van der Waals surface area contributed by atoms with Crippen LogP contribution in [0.2, 0.25) is 0 Å². The summed E-state index contributed by atoms with van der Waals surface area (Å²) in [5.41, 5.74) is 0.685. The quantitative estimate of drug-likeness (QED) is 0.275. The van der Waals surface area contributed by atoms with Crippen LogP contribution in [0, 0.1) is 16.0 Å². The minimum atomic E-state index is -3.98. The van der Waals surface area contributed by atoms with Gasteiger partial charge in [-0.15, -0.1) is 0 Å². The van der Waals surface area contributed by atoms with E-state index < -0.39 is 20.6 Å². The summed E-state index contributed by atoms with van der Waals surface area (Å²) in [6, 6.07) is 5.30. The number of esters is 1. The zero-order valence-electron chi connectivity index (χ0n) is 15.7. The van der Waals surface area contributed by atoms with Crippen LogP contribution in [0.15, 0.2) is 53.0 Å². The van der Waals surface area contributed by atoms with Crippen molar-refractivity contribution in [2.24, 2.45) is 5.92 Å². The molecule has 0 radical (unpaired) electrons. The highest BCUT2D eigenvalue weighted by Crippen LogP contribution is 2.29. The second-order valence-electron chi connectivity index (χ2n) is 6.42. The Bertz CT molecular complexity index is 876. The lowest BCUT2D eigenvalue weighted by atomic mass is 9.99. The maximum Gasteiger partial charge on any atom is 0.305 e. The van der Waals surface area contributed by atoms with E-state index in [2.05, 4.69) is 15.5 Å². The number of nitro benzene ring substituents is 1. The van der Waals surface area contributed by atoms with Crippen LogP contribution in [-0.4, -0.2) is 33.0 Å². The Morgan fingerprint density at radius 3 is 2.82 bits per heavy atom. The van der Waals surface area contributed by atoms with Gasteiger partial charge in [0.25, 0.3) is 5.69 Å². The predicted molar refractivity (Wildman–Crippen MR) is 104 cm³/mol. The fraction of sp³-hybridized carbons (Fsp3) is 0.421. The molecule has 0 aliphatic heterocycles. The number of hydrogen-bond donors (Lipinski definition) is 1. The fourth-order valence-electron chi connectivity index (χ4n) is 3.07. The average Bonchev–Trinajstić information content (AvgIpc) is 3.13. The molecule has 9 heteroatoms. The number of hydrogen-bond acceptors (Lipinski definition) is 6. The van der Waals surface area contributed by atoms with Crippen molar-refractivity contribution in [2.45, 2.75) is 37.0 Å². The lowest BCUT2D eigenvalue weighted by molar-refractivity contribution is -0.387. The summed E-state index contributed by atoms with van der Waals surface area (Å²) in [4.78, 5) is 21.1. The van der Waals surface area contributed by atoms with Gasteiger partial charge in [0.15, 0.2) is 4.90 Å². The third-order valence-corrected chi connectivity index (χ3v) is 6.05. The van der Waals surface area contributed by atoms with Crippen molar-refractivity contribution in [1.82, 2.24) is 4.72 Å². The maximum absolute atomic E-state index is 12.5. The molecule has 0 spiro atoms. The molecule has 0 aromatic heterocycles.